The van der Waals surface area contributed by atoms with E-state index in [4.69, 9.17) is 18.9 Å². The van der Waals surface area contributed by atoms with Crippen molar-refractivity contribution in [1.29, 1.82) is 0 Å². The smallest absolute Gasteiger partial charge is 0.296 e. The van der Waals surface area contributed by atoms with Crippen molar-refractivity contribution < 1.29 is 39.8 Å². The molecule has 2 aliphatic carbocycles. The van der Waals surface area contributed by atoms with Crippen molar-refractivity contribution in [2.24, 2.45) is 10.9 Å². The van der Waals surface area contributed by atoms with Crippen molar-refractivity contribution in [1.82, 2.24) is 0 Å². The average molecular weight is 825 g/mol. The molecule has 3 aliphatic rings. The molecule has 0 saturated heterocycles. The molecule has 1 saturated carbocycles. The summed E-state index contributed by atoms with van der Waals surface area (Å²) in [5.41, 5.74) is 8.13. The monoisotopic (exact) mass is 824 g/mol. The van der Waals surface area contributed by atoms with Crippen molar-refractivity contribution in [3.05, 3.63) is 105 Å². The highest BCUT2D eigenvalue weighted by Gasteiger charge is 2.28. The minimum Gasteiger partial charge on any atom is -0.496 e. The lowest BCUT2D eigenvalue weighted by atomic mass is 9.89. The van der Waals surface area contributed by atoms with Crippen LogP contribution in [0.5, 0.6) is 11.5 Å². The highest BCUT2D eigenvalue weighted by atomic mass is 32.2. The number of nitrogens with zero attached hydrogens (tertiary/aromatic N) is 1. The second-order valence-corrected chi connectivity index (χ2v) is 18.3. The maximum atomic E-state index is 13.2. The Morgan fingerprint density at radius 2 is 1.38 bits per heavy atom. The fourth-order valence-corrected chi connectivity index (χ4v) is 9.76. The Balaban J connectivity index is 1.50. The third-order valence-electron chi connectivity index (χ3n) is 11.2. The Labute approximate surface area is 339 Å². The van der Waals surface area contributed by atoms with Crippen molar-refractivity contribution in [3.8, 4) is 33.9 Å². The first-order valence-electron chi connectivity index (χ1n) is 19.2. The molecule has 11 nitrogen and oxygen atoms in total. The Bertz CT molecular complexity index is 2870. The summed E-state index contributed by atoms with van der Waals surface area (Å²) in [6.07, 6.45) is 4.08. The van der Waals surface area contributed by atoms with Gasteiger partial charge in [0.2, 0.25) is 0 Å². The van der Waals surface area contributed by atoms with Gasteiger partial charge in [0.1, 0.15) is 32.6 Å². The third-order valence-corrected chi connectivity index (χ3v) is 13.0. The number of methoxy groups -OCH3 is 1. The van der Waals surface area contributed by atoms with E-state index in [1.54, 1.807) is 31.4 Å². The molecule has 0 aromatic heterocycles. The number of anilines is 2. The largest absolute Gasteiger partial charge is 0.496 e. The molecule has 1 fully saturated rings. The van der Waals surface area contributed by atoms with Crippen LogP contribution >= 0.6 is 0 Å². The van der Waals surface area contributed by atoms with Gasteiger partial charge < -0.3 is 19.2 Å². The van der Waals surface area contributed by atoms with E-state index in [-0.39, 0.29) is 33.9 Å². The highest BCUT2D eigenvalue weighted by Crippen LogP contribution is 2.45. The van der Waals surface area contributed by atoms with Gasteiger partial charge in [0, 0.05) is 56.7 Å². The number of hydrogen-bond donors (Lipinski definition) is 3. The molecule has 4 aromatic rings. The molecule has 7 rings (SSSR count). The van der Waals surface area contributed by atoms with Crippen LogP contribution in [0, 0.1) is 47.5 Å². The summed E-state index contributed by atoms with van der Waals surface area (Å²) in [4.78, 5) is 3.98. The van der Waals surface area contributed by atoms with Crippen LogP contribution in [0.2, 0.25) is 0 Å². The zero-order valence-corrected chi connectivity index (χ0v) is 35.5. The Morgan fingerprint density at radius 1 is 0.724 bits per heavy atom. The van der Waals surface area contributed by atoms with Crippen molar-refractivity contribution in [2.75, 3.05) is 12.4 Å². The number of rotatable bonds is 9. The van der Waals surface area contributed by atoms with E-state index in [9.17, 15) is 25.9 Å². The van der Waals surface area contributed by atoms with Gasteiger partial charge in [0.15, 0.2) is 0 Å². The lowest BCUT2D eigenvalue weighted by Crippen LogP contribution is -2.23. The molecule has 0 radical (unpaired) electrons. The Kier molecular flexibility index (Phi) is 11.0. The number of fused-ring (bicyclic) bond motifs is 2. The standard InChI is InChI=1S/C45H48N2O9S2/c1-24-13-16-32(17-14-24)55-45-28(5)20-26(3)43(30(45)7)47-36-23-38-35(22-40(36)58(51,52)53)41(34-11-9-10-12-39(34)57(48,49)50)33-18-15-31(21-37(33)56-38)46-42-25(2)19-27(4)44(54-8)29(42)6/h9-12,15,18-24,32,46H,13-14,16-17H2,1-8H3,(H,48,49,50)(H,51,52,53)/b47-36-. The minimum absolute atomic E-state index is 0.0505. The van der Waals surface area contributed by atoms with Crippen LogP contribution in [0.25, 0.3) is 33.4 Å². The van der Waals surface area contributed by atoms with Gasteiger partial charge in [-0.2, -0.15) is 16.8 Å². The van der Waals surface area contributed by atoms with Crippen molar-refractivity contribution in [3.63, 3.8) is 0 Å². The maximum Gasteiger partial charge on any atom is 0.296 e. The Morgan fingerprint density at radius 3 is 2.05 bits per heavy atom. The molecule has 13 heteroatoms. The summed E-state index contributed by atoms with van der Waals surface area (Å²) in [6, 6.07) is 17.8. The predicted molar refractivity (Wildman–Crippen MR) is 226 cm³/mol. The molecule has 0 atom stereocenters. The molecule has 1 aliphatic heterocycles. The topological polar surface area (TPSA) is 165 Å². The van der Waals surface area contributed by atoms with Gasteiger partial charge in [-0.15, -0.1) is 0 Å². The first-order chi connectivity index (χ1) is 27.3. The van der Waals surface area contributed by atoms with Gasteiger partial charge in [-0.3, -0.25) is 9.11 Å². The Hall–Kier alpha value is -5.21. The van der Waals surface area contributed by atoms with E-state index in [2.05, 4.69) is 12.2 Å². The maximum absolute atomic E-state index is 13.2. The van der Waals surface area contributed by atoms with E-state index in [1.165, 1.54) is 30.3 Å². The summed E-state index contributed by atoms with van der Waals surface area (Å²) < 4.78 is 91.9. The second kappa shape index (κ2) is 15.5. The molecule has 4 aromatic carbocycles. The summed E-state index contributed by atoms with van der Waals surface area (Å²) in [5.74, 6) is 2.24. The number of benzene rings is 5. The molecule has 0 spiro atoms. The average Bonchev–Trinajstić information content (AvgIpc) is 3.15. The van der Waals surface area contributed by atoms with E-state index < -0.39 is 30.0 Å². The summed E-state index contributed by atoms with van der Waals surface area (Å²) in [7, 11) is -8.05. The minimum atomic E-state index is -4.92. The van der Waals surface area contributed by atoms with E-state index in [0.717, 1.165) is 70.5 Å². The van der Waals surface area contributed by atoms with Crippen LogP contribution in [0.4, 0.5) is 17.1 Å². The first-order valence-corrected chi connectivity index (χ1v) is 22.1. The fraction of sp³-hybridized carbons (Fsp3) is 0.311. The molecule has 304 valence electrons. The number of ether oxygens (including phenoxy) is 2. The van der Waals surface area contributed by atoms with Crippen LogP contribution in [0.15, 0.2) is 85.9 Å². The normalized spacial score (nSPS) is 16.6. The molecular weight excluding hydrogens is 777 g/mol. The van der Waals surface area contributed by atoms with E-state index in [1.807, 2.05) is 53.7 Å². The van der Waals surface area contributed by atoms with Crippen molar-refractivity contribution in [2.45, 2.75) is 90.0 Å². The van der Waals surface area contributed by atoms with Crippen molar-refractivity contribution >= 4 is 48.3 Å². The third kappa shape index (κ3) is 7.83. The lowest BCUT2D eigenvalue weighted by molar-refractivity contribution is 0.134. The summed E-state index contributed by atoms with van der Waals surface area (Å²) in [6.45, 7) is 13.9. The molecule has 0 bridgehead atoms. The van der Waals surface area contributed by atoms with Crippen LogP contribution in [-0.2, 0) is 20.2 Å². The van der Waals surface area contributed by atoms with Crippen LogP contribution in [-0.4, -0.2) is 39.2 Å². The summed E-state index contributed by atoms with van der Waals surface area (Å²) >= 11 is 0. The summed E-state index contributed by atoms with van der Waals surface area (Å²) in [5, 5.41) is 3.81. The highest BCUT2D eigenvalue weighted by molar-refractivity contribution is 7.86. The number of hydrogen-bond acceptors (Lipinski definition) is 9. The SMILES string of the molecule is COc1c(C)cc(C)c(Nc2ccc3c(-c4ccccc4S(=O)(=O)O)c4cc(S(=O)(=O)O)/c(=N\c5c(C)cc(C)c(OC6CCC(C)CC6)c5C)cc-4oc3c2)c1C. The molecule has 58 heavy (non-hydrogen) atoms. The zero-order valence-electron chi connectivity index (χ0n) is 33.8. The van der Waals surface area contributed by atoms with Gasteiger partial charge in [0.05, 0.1) is 24.3 Å². The number of aryl methyl sites for hydroxylation is 4. The van der Waals surface area contributed by atoms with Gasteiger partial charge in [0.25, 0.3) is 20.2 Å². The molecule has 3 N–H and O–H groups in total. The van der Waals surface area contributed by atoms with Crippen LogP contribution in [0.1, 0.15) is 66.0 Å². The molecule has 0 amide bonds. The fourth-order valence-electron chi connectivity index (χ4n) is 8.43. The zero-order chi connectivity index (χ0) is 41.8. The van der Waals surface area contributed by atoms with Crippen LogP contribution < -0.4 is 20.1 Å². The van der Waals surface area contributed by atoms with Gasteiger partial charge in [-0.05, 0) is 120 Å². The van der Waals surface area contributed by atoms with Crippen LogP contribution in [0.3, 0.4) is 0 Å². The molecule has 1 heterocycles. The molecular formula is C45H48N2O9S2. The van der Waals surface area contributed by atoms with Gasteiger partial charge in [-0.1, -0.05) is 37.3 Å². The van der Waals surface area contributed by atoms with E-state index >= 15 is 0 Å². The predicted octanol–water partition coefficient (Wildman–Crippen LogP) is 10.5. The first kappa shape index (κ1) is 41.0. The second-order valence-electron chi connectivity index (χ2n) is 15.5. The lowest BCUT2D eigenvalue weighted by Gasteiger charge is -2.28. The van der Waals surface area contributed by atoms with Gasteiger partial charge >= 0.3 is 0 Å². The number of nitrogens with one attached hydrogen (secondary N) is 1. The van der Waals surface area contributed by atoms with Gasteiger partial charge in [-0.25, -0.2) is 4.99 Å². The quantitative estimate of drug-likeness (QED) is 0.0944. The molecule has 0 unspecified atom stereocenters. The van der Waals surface area contributed by atoms with E-state index in [0.29, 0.717) is 34.0 Å².